The average molecular weight is 442 g/mol. The fraction of sp³-hybridized carbons (Fsp3) is 0.174. The Bertz CT molecular complexity index is 1130. The Hall–Kier alpha value is -3.36. The lowest BCUT2D eigenvalue weighted by Gasteiger charge is -2.11. The molecule has 0 fully saturated rings. The quantitative estimate of drug-likeness (QED) is 0.466. The molecule has 3 aromatic rings. The number of nitrogens with one attached hydrogen (secondary N) is 1. The largest absolute Gasteiger partial charge is 0.492 e. The van der Waals surface area contributed by atoms with Gasteiger partial charge in [-0.1, -0.05) is 36.4 Å². The van der Waals surface area contributed by atoms with Crippen LogP contribution in [0.5, 0.6) is 11.5 Å². The Morgan fingerprint density at radius 2 is 1.58 bits per heavy atom. The van der Waals surface area contributed by atoms with Crippen LogP contribution >= 0.6 is 0 Å². The van der Waals surface area contributed by atoms with E-state index in [-0.39, 0.29) is 23.6 Å². The van der Waals surface area contributed by atoms with Crippen molar-refractivity contribution >= 4 is 16.0 Å². The van der Waals surface area contributed by atoms with Crippen LogP contribution in [0.1, 0.15) is 21.5 Å². The second-order valence-electron chi connectivity index (χ2n) is 6.77. The molecule has 0 bridgehead atoms. The van der Waals surface area contributed by atoms with Crippen molar-refractivity contribution in [2.24, 2.45) is 0 Å². The summed E-state index contributed by atoms with van der Waals surface area (Å²) in [6.45, 7) is 2.22. The molecule has 3 aromatic carbocycles. The molecular formula is C23H23NO6S. The molecule has 2 N–H and O–H groups in total. The first-order chi connectivity index (χ1) is 14.8. The molecule has 0 aliphatic rings. The summed E-state index contributed by atoms with van der Waals surface area (Å²) in [5, 5.41) is 9.16. The molecule has 7 nitrogen and oxygen atoms in total. The number of carboxylic acid groups (broad SMARTS) is 1. The maximum absolute atomic E-state index is 12.4. The van der Waals surface area contributed by atoms with E-state index in [1.807, 2.05) is 30.3 Å². The predicted octanol–water partition coefficient (Wildman–Crippen LogP) is 3.63. The highest BCUT2D eigenvalue weighted by molar-refractivity contribution is 7.89. The summed E-state index contributed by atoms with van der Waals surface area (Å²) in [6.07, 6.45) is 0. The minimum absolute atomic E-state index is 0.0326. The number of benzene rings is 3. The molecule has 162 valence electrons. The second kappa shape index (κ2) is 10.1. The van der Waals surface area contributed by atoms with Crippen LogP contribution in [-0.2, 0) is 16.6 Å². The van der Waals surface area contributed by atoms with E-state index < -0.39 is 16.0 Å². The average Bonchev–Trinajstić information content (AvgIpc) is 2.77. The van der Waals surface area contributed by atoms with Crippen molar-refractivity contribution in [2.45, 2.75) is 18.4 Å². The van der Waals surface area contributed by atoms with Crippen LogP contribution in [0.4, 0.5) is 0 Å². The number of hydrogen-bond donors (Lipinski definition) is 2. The molecular weight excluding hydrogens is 418 g/mol. The van der Waals surface area contributed by atoms with E-state index in [9.17, 15) is 13.2 Å². The van der Waals surface area contributed by atoms with Gasteiger partial charge in [0.2, 0.25) is 10.0 Å². The maximum Gasteiger partial charge on any atom is 0.335 e. The molecule has 3 rings (SSSR count). The molecule has 31 heavy (non-hydrogen) atoms. The van der Waals surface area contributed by atoms with Gasteiger partial charge in [-0.05, 0) is 54.4 Å². The van der Waals surface area contributed by atoms with Crippen molar-refractivity contribution in [1.82, 2.24) is 4.72 Å². The fourth-order valence-electron chi connectivity index (χ4n) is 2.80. The number of aromatic carboxylic acids is 1. The fourth-order valence-corrected chi connectivity index (χ4v) is 3.84. The molecule has 0 unspecified atom stereocenters. The lowest BCUT2D eigenvalue weighted by Crippen LogP contribution is -2.28. The molecule has 0 atom stereocenters. The van der Waals surface area contributed by atoms with E-state index in [0.29, 0.717) is 23.7 Å². The van der Waals surface area contributed by atoms with Crippen LogP contribution in [-0.4, -0.2) is 32.6 Å². The molecule has 0 spiro atoms. The minimum Gasteiger partial charge on any atom is -0.492 e. The van der Waals surface area contributed by atoms with Crippen molar-refractivity contribution in [2.75, 3.05) is 13.2 Å². The van der Waals surface area contributed by atoms with Gasteiger partial charge in [0, 0.05) is 6.54 Å². The molecule has 0 saturated carbocycles. The topological polar surface area (TPSA) is 102 Å². The van der Waals surface area contributed by atoms with E-state index in [1.54, 1.807) is 31.2 Å². The molecule has 0 aromatic heterocycles. The molecule has 0 aliphatic heterocycles. The SMILES string of the molecule is Cc1ccc(S(=O)(=O)NCCOc2ccc(OCc3ccccc3)cc2)cc1C(=O)O. The third kappa shape index (κ3) is 6.31. The number of carbonyl (C=O) groups is 1. The zero-order valence-electron chi connectivity index (χ0n) is 16.9. The van der Waals surface area contributed by atoms with Gasteiger partial charge in [-0.2, -0.15) is 0 Å². The van der Waals surface area contributed by atoms with Crippen molar-refractivity contribution in [3.8, 4) is 11.5 Å². The standard InChI is InChI=1S/C23H23NO6S/c1-17-7-12-21(15-22(17)23(25)26)31(27,28)24-13-14-29-19-8-10-20(11-9-19)30-16-18-5-3-2-4-6-18/h2-12,15,24H,13-14,16H2,1H3,(H,25,26). The zero-order chi connectivity index (χ0) is 22.3. The first-order valence-electron chi connectivity index (χ1n) is 9.58. The van der Waals surface area contributed by atoms with Gasteiger partial charge >= 0.3 is 5.97 Å². The smallest absolute Gasteiger partial charge is 0.335 e. The van der Waals surface area contributed by atoms with E-state index in [0.717, 1.165) is 11.6 Å². The van der Waals surface area contributed by atoms with E-state index in [1.165, 1.54) is 12.1 Å². The Morgan fingerprint density at radius 1 is 0.935 bits per heavy atom. The number of ether oxygens (including phenoxy) is 2. The highest BCUT2D eigenvalue weighted by atomic mass is 32.2. The van der Waals surface area contributed by atoms with Gasteiger partial charge in [0.1, 0.15) is 24.7 Å². The van der Waals surface area contributed by atoms with Gasteiger partial charge < -0.3 is 14.6 Å². The molecule has 0 heterocycles. The summed E-state index contributed by atoms with van der Waals surface area (Å²) < 4.78 is 38.5. The van der Waals surface area contributed by atoms with Crippen LogP contribution in [0.2, 0.25) is 0 Å². The van der Waals surface area contributed by atoms with Crippen LogP contribution in [0.3, 0.4) is 0 Å². The first kappa shape index (κ1) is 22.3. The normalized spacial score (nSPS) is 11.1. The van der Waals surface area contributed by atoms with Gasteiger partial charge in [0.15, 0.2) is 0 Å². The summed E-state index contributed by atoms with van der Waals surface area (Å²) in [7, 11) is -3.84. The summed E-state index contributed by atoms with van der Waals surface area (Å²) in [6, 6.07) is 20.9. The number of rotatable bonds is 10. The third-order valence-electron chi connectivity index (χ3n) is 4.48. The zero-order valence-corrected chi connectivity index (χ0v) is 17.8. The lowest BCUT2D eigenvalue weighted by molar-refractivity contribution is 0.0696. The van der Waals surface area contributed by atoms with Crippen molar-refractivity contribution in [3.05, 3.63) is 89.5 Å². The van der Waals surface area contributed by atoms with Crippen LogP contribution in [0, 0.1) is 6.92 Å². The molecule has 0 aliphatic carbocycles. The predicted molar refractivity (Wildman–Crippen MR) is 116 cm³/mol. The number of hydrogen-bond acceptors (Lipinski definition) is 5. The Labute approximate surface area is 181 Å². The highest BCUT2D eigenvalue weighted by Gasteiger charge is 2.17. The monoisotopic (exact) mass is 441 g/mol. The first-order valence-corrected chi connectivity index (χ1v) is 11.1. The second-order valence-corrected chi connectivity index (χ2v) is 8.54. The Balaban J connectivity index is 1.48. The molecule has 8 heteroatoms. The summed E-state index contributed by atoms with van der Waals surface area (Å²) in [4.78, 5) is 11.1. The summed E-state index contributed by atoms with van der Waals surface area (Å²) in [5.74, 6) is 0.106. The van der Waals surface area contributed by atoms with Gasteiger partial charge in [-0.3, -0.25) is 0 Å². The van der Waals surface area contributed by atoms with E-state index in [4.69, 9.17) is 14.6 Å². The van der Waals surface area contributed by atoms with Gasteiger partial charge in [-0.25, -0.2) is 17.9 Å². The van der Waals surface area contributed by atoms with Gasteiger partial charge in [0.05, 0.1) is 10.5 Å². The lowest BCUT2D eigenvalue weighted by atomic mass is 10.1. The van der Waals surface area contributed by atoms with Crippen LogP contribution in [0.25, 0.3) is 0 Å². The van der Waals surface area contributed by atoms with E-state index in [2.05, 4.69) is 4.72 Å². The van der Waals surface area contributed by atoms with E-state index >= 15 is 0 Å². The van der Waals surface area contributed by atoms with Gasteiger partial charge in [-0.15, -0.1) is 0 Å². The molecule has 0 saturated heterocycles. The van der Waals surface area contributed by atoms with Crippen molar-refractivity contribution < 1.29 is 27.8 Å². The molecule has 0 amide bonds. The Kier molecular flexibility index (Phi) is 7.28. The highest BCUT2D eigenvalue weighted by Crippen LogP contribution is 2.19. The third-order valence-corrected chi connectivity index (χ3v) is 5.94. The van der Waals surface area contributed by atoms with Crippen LogP contribution < -0.4 is 14.2 Å². The van der Waals surface area contributed by atoms with Crippen molar-refractivity contribution in [1.29, 1.82) is 0 Å². The minimum atomic E-state index is -3.84. The summed E-state index contributed by atoms with van der Waals surface area (Å²) in [5.41, 5.74) is 1.51. The number of carboxylic acids is 1. The molecule has 0 radical (unpaired) electrons. The number of sulfonamides is 1. The van der Waals surface area contributed by atoms with Gasteiger partial charge in [0.25, 0.3) is 0 Å². The summed E-state index contributed by atoms with van der Waals surface area (Å²) >= 11 is 0. The van der Waals surface area contributed by atoms with Crippen LogP contribution in [0.15, 0.2) is 77.7 Å². The Morgan fingerprint density at radius 3 is 2.23 bits per heavy atom. The van der Waals surface area contributed by atoms with Crippen molar-refractivity contribution in [3.63, 3.8) is 0 Å². The maximum atomic E-state index is 12.4. The number of aryl methyl sites for hydroxylation is 1.